The van der Waals surface area contributed by atoms with Gasteiger partial charge in [0.15, 0.2) is 0 Å². The number of ether oxygens (including phenoxy) is 1. The third-order valence-corrected chi connectivity index (χ3v) is 3.18. The van der Waals surface area contributed by atoms with Gasteiger partial charge in [-0.2, -0.15) is 0 Å². The maximum absolute atomic E-state index is 9.37. The molecule has 0 bridgehead atoms. The average Bonchev–Trinajstić information content (AvgIpc) is 2.30. The molecule has 2 rings (SSSR count). The Morgan fingerprint density at radius 2 is 2.38 bits per heavy atom. The molecular formula is C13H19NO2. The Kier molecular flexibility index (Phi) is 3.80. The Labute approximate surface area is 96.2 Å². The van der Waals surface area contributed by atoms with Gasteiger partial charge in [0.05, 0.1) is 6.61 Å². The highest BCUT2D eigenvalue weighted by molar-refractivity contribution is 5.27. The fraction of sp³-hybridized carbons (Fsp3) is 0.538. The van der Waals surface area contributed by atoms with Gasteiger partial charge in [-0.25, -0.2) is 0 Å². The van der Waals surface area contributed by atoms with Crippen molar-refractivity contribution < 1.29 is 9.84 Å². The summed E-state index contributed by atoms with van der Waals surface area (Å²) in [5.74, 6) is 0.765. The fourth-order valence-corrected chi connectivity index (χ4v) is 2.23. The van der Waals surface area contributed by atoms with E-state index >= 15 is 0 Å². The van der Waals surface area contributed by atoms with E-state index in [-0.39, 0.29) is 6.04 Å². The lowest BCUT2D eigenvalue weighted by atomic mass is 9.90. The SMILES string of the molecule is NC(Cc1cccc(O)c1)C1CCCOC1. The number of phenols is 1. The molecule has 88 valence electrons. The minimum absolute atomic E-state index is 0.127. The van der Waals surface area contributed by atoms with Crippen LogP contribution in [0.2, 0.25) is 0 Å². The molecule has 1 aliphatic rings. The number of hydrogen-bond donors (Lipinski definition) is 2. The monoisotopic (exact) mass is 221 g/mol. The highest BCUT2D eigenvalue weighted by atomic mass is 16.5. The minimum Gasteiger partial charge on any atom is -0.508 e. The Morgan fingerprint density at radius 1 is 1.50 bits per heavy atom. The first kappa shape index (κ1) is 11.4. The molecule has 0 aromatic heterocycles. The van der Waals surface area contributed by atoms with Crippen LogP contribution in [0, 0.1) is 5.92 Å². The molecule has 3 N–H and O–H groups in total. The van der Waals surface area contributed by atoms with Crippen molar-refractivity contribution in [1.29, 1.82) is 0 Å². The number of nitrogens with two attached hydrogens (primary N) is 1. The molecule has 0 aliphatic carbocycles. The molecule has 1 aromatic rings. The standard InChI is InChI=1S/C13H19NO2/c14-13(11-4-2-6-16-9-11)8-10-3-1-5-12(15)7-10/h1,3,5,7,11,13,15H,2,4,6,8-9,14H2. The van der Waals surface area contributed by atoms with Gasteiger partial charge in [0.25, 0.3) is 0 Å². The van der Waals surface area contributed by atoms with Gasteiger partial charge in [-0.1, -0.05) is 12.1 Å². The molecule has 0 saturated carbocycles. The highest BCUT2D eigenvalue weighted by Crippen LogP contribution is 2.20. The zero-order chi connectivity index (χ0) is 11.4. The molecule has 0 spiro atoms. The predicted octanol–water partition coefficient (Wildman–Crippen LogP) is 1.69. The van der Waals surface area contributed by atoms with Crippen LogP contribution in [0.1, 0.15) is 18.4 Å². The molecule has 1 aromatic carbocycles. The van der Waals surface area contributed by atoms with Crippen LogP contribution >= 0.6 is 0 Å². The lowest BCUT2D eigenvalue weighted by molar-refractivity contribution is 0.0450. The zero-order valence-corrected chi connectivity index (χ0v) is 9.43. The summed E-state index contributed by atoms with van der Waals surface area (Å²) in [5, 5.41) is 9.37. The van der Waals surface area contributed by atoms with E-state index in [1.807, 2.05) is 12.1 Å². The first-order chi connectivity index (χ1) is 7.75. The molecule has 2 unspecified atom stereocenters. The topological polar surface area (TPSA) is 55.5 Å². The Morgan fingerprint density at radius 3 is 3.06 bits per heavy atom. The number of hydrogen-bond acceptors (Lipinski definition) is 3. The predicted molar refractivity (Wildman–Crippen MR) is 63.3 cm³/mol. The summed E-state index contributed by atoms with van der Waals surface area (Å²) in [4.78, 5) is 0. The summed E-state index contributed by atoms with van der Waals surface area (Å²) in [5.41, 5.74) is 7.26. The van der Waals surface area contributed by atoms with E-state index in [0.29, 0.717) is 11.7 Å². The number of rotatable bonds is 3. The van der Waals surface area contributed by atoms with E-state index in [4.69, 9.17) is 10.5 Å². The van der Waals surface area contributed by atoms with Crippen LogP contribution in [0.3, 0.4) is 0 Å². The van der Waals surface area contributed by atoms with E-state index in [2.05, 4.69) is 0 Å². The van der Waals surface area contributed by atoms with Gasteiger partial charge < -0.3 is 15.6 Å². The van der Waals surface area contributed by atoms with Crippen molar-refractivity contribution in [2.75, 3.05) is 13.2 Å². The second-order valence-electron chi connectivity index (χ2n) is 4.52. The summed E-state index contributed by atoms with van der Waals surface area (Å²) in [7, 11) is 0. The van der Waals surface area contributed by atoms with Crippen molar-refractivity contribution in [3.05, 3.63) is 29.8 Å². The maximum atomic E-state index is 9.37. The van der Waals surface area contributed by atoms with Gasteiger partial charge in [0.1, 0.15) is 5.75 Å². The first-order valence-electron chi connectivity index (χ1n) is 5.87. The minimum atomic E-state index is 0.127. The van der Waals surface area contributed by atoms with Gasteiger partial charge in [-0.15, -0.1) is 0 Å². The normalized spacial score (nSPS) is 22.9. The highest BCUT2D eigenvalue weighted by Gasteiger charge is 2.21. The molecule has 3 heteroatoms. The van der Waals surface area contributed by atoms with Gasteiger partial charge in [-0.3, -0.25) is 0 Å². The van der Waals surface area contributed by atoms with Crippen LogP contribution in [-0.2, 0) is 11.2 Å². The third-order valence-electron chi connectivity index (χ3n) is 3.18. The Balaban J connectivity index is 1.93. The summed E-state index contributed by atoms with van der Waals surface area (Å²) in [6.45, 7) is 1.65. The maximum Gasteiger partial charge on any atom is 0.115 e. The second kappa shape index (κ2) is 5.32. The van der Waals surface area contributed by atoms with E-state index in [0.717, 1.165) is 38.0 Å². The third kappa shape index (κ3) is 2.97. The van der Waals surface area contributed by atoms with Gasteiger partial charge in [0, 0.05) is 12.6 Å². The van der Waals surface area contributed by atoms with Crippen LogP contribution in [0.4, 0.5) is 0 Å². The van der Waals surface area contributed by atoms with E-state index in [9.17, 15) is 5.11 Å². The molecule has 3 nitrogen and oxygen atoms in total. The summed E-state index contributed by atoms with van der Waals surface area (Å²) in [6, 6.07) is 7.45. The summed E-state index contributed by atoms with van der Waals surface area (Å²) >= 11 is 0. The molecule has 1 fully saturated rings. The van der Waals surface area contributed by atoms with Crippen molar-refractivity contribution in [3.63, 3.8) is 0 Å². The summed E-state index contributed by atoms with van der Waals surface area (Å²) < 4.78 is 5.44. The van der Waals surface area contributed by atoms with Crippen molar-refractivity contribution in [3.8, 4) is 5.75 Å². The van der Waals surface area contributed by atoms with Crippen molar-refractivity contribution >= 4 is 0 Å². The van der Waals surface area contributed by atoms with Gasteiger partial charge in [0.2, 0.25) is 0 Å². The van der Waals surface area contributed by atoms with Crippen LogP contribution in [0.5, 0.6) is 5.75 Å². The molecule has 1 saturated heterocycles. The van der Waals surface area contributed by atoms with Gasteiger partial charge >= 0.3 is 0 Å². The lowest BCUT2D eigenvalue weighted by Gasteiger charge is -2.27. The molecule has 0 amide bonds. The fourth-order valence-electron chi connectivity index (χ4n) is 2.23. The molecule has 0 radical (unpaired) electrons. The molecular weight excluding hydrogens is 202 g/mol. The van der Waals surface area contributed by atoms with Crippen molar-refractivity contribution in [2.45, 2.75) is 25.3 Å². The molecule has 1 heterocycles. The Bertz CT molecular complexity index is 334. The van der Waals surface area contributed by atoms with E-state index < -0.39 is 0 Å². The molecule has 1 aliphatic heterocycles. The average molecular weight is 221 g/mol. The molecule has 16 heavy (non-hydrogen) atoms. The molecule has 2 atom stereocenters. The van der Waals surface area contributed by atoms with Crippen LogP contribution < -0.4 is 5.73 Å². The number of benzene rings is 1. The number of phenolic OH excluding ortho intramolecular Hbond substituents is 1. The smallest absolute Gasteiger partial charge is 0.115 e. The quantitative estimate of drug-likeness (QED) is 0.816. The number of aromatic hydroxyl groups is 1. The first-order valence-corrected chi connectivity index (χ1v) is 5.87. The van der Waals surface area contributed by atoms with Gasteiger partial charge in [-0.05, 0) is 42.9 Å². The van der Waals surface area contributed by atoms with Crippen molar-refractivity contribution in [1.82, 2.24) is 0 Å². The van der Waals surface area contributed by atoms with Crippen molar-refractivity contribution in [2.24, 2.45) is 11.7 Å². The van der Waals surface area contributed by atoms with E-state index in [1.54, 1.807) is 12.1 Å². The second-order valence-corrected chi connectivity index (χ2v) is 4.52. The Hall–Kier alpha value is -1.06. The van der Waals surface area contributed by atoms with Crippen LogP contribution in [0.15, 0.2) is 24.3 Å². The van der Waals surface area contributed by atoms with E-state index in [1.165, 1.54) is 0 Å². The van der Waals surface area contributed by atoms with Crippen LogP contribution in [-0.4, -0.2) is 24.4 Å². The summed E-state index contributed by atoms with van der Waals surface area (Å²) in [6.07, 6.45) is 3.07. The lowest BCUT2D eigenvalue weighted by Crippen LogP contribution is -2.37. The van der Waals surface area contributed by atoms with Crippen LogP contribution in [0.25, 0.3) is 0 Å². The largest absolute Gasteiger partial charge is 0.508 e. The zero-order valence-electron chi connectivity index (χ0n) is 9.43.